The van der Waals surface area contributed by atoms with Gasteiger partial charge in [0.25, 0.3) is 0 Å². The second kappa shape index (κ2) is 5.82. The predicted molar refractivity (Wildman–Crippen MR) is 105 cm³/mol. The Morgan fingerprint density at radius 3 is 2.89 bits per heavy atom. The van der Waals surface area contributed by atoms with Crippen molar-refractivity contribution in [2.45, 2.75) is 18.9 Å². The number of carbonyl (C=O) groups is 1. The van der Waals surface area contributed by atoms with Gasteiger partial charge in [0.05, 0.1) is 31.1 Å². The monoisotopic (exact) mass is 360 g/mol. The average molecular weight is 360 g/mol. The molecule has 1 fully saturated rings. The van der Waals surface area contributed by atoms with Gasteiger partial charge < -0.3 is 5.32 Å². The first-order valence-electron chi connectivity index (χ1n) is 9.35. The normalized spacial score (nSPS) is 28.4. The van der Waals surface area contributed by atoms with Gasteiger partial charge in [0, 0.05) is 30.0 Å². The third kappa shape index (κ3) is 2.59. The molecule has 2 aliphatic heterocycles. The van der Waals surface area contributed by atoms with Crippen LogP contribution in [-0.2, 0) is 4.79 Å². The van der Waals surface area contributed by atoms with Crippen molar-refractivity contribution >= 4 is 28.5 Å². The largest absolute Gasteiger partial charge is 0.367 e. The Labute approximate surface area is 157 Å². The van der Waals surface area contributed by atoms with Gasteiger partial charge in [-0.15, -0.1) is 0 Å². The number of quaternary nitrogens is 1. The molecule has 0 spiro atoms. The molecule has 1 aliphatic carbocycles. The fourth-order valence-corrected chi connectivity index (χ4v) is 4.34. The first-order valence-corrected chi connectivity index (χ1v) is 9.35. The molecule has 5 rings (SSSR count). The van der Waals surface area contributed by atoms with Crippen molar-refractivity contribution in [3.05, 3.63) is 54.5 Å². The molecule has 1 unspecified atom stereocenters. The van der Waals surface area contributed by atoms with Crippen LogP contribution in [0, 0.1) is 11.8 Å². The number of hydrogen-bond acceptors (Lipinski definition) is 5. The van der Waals surface area contributed by atoms with E-state index < -0.39 is 0 Å². The van der Waals surface area contributed by atoms with Gasteiger partial charge in [0.2, 0.25) is 5.84 Å². The van der Waals surface area contributed by atoms with Crippen molar-refractivity contribution in [2.24, 2.45) is 16.8 Å². The lowest BCUT2D eigenvalue weighted by molar-refractivity contribution is -0.720. The van der Waals surface area contributed by atoms with E-state index in [0.29, 0.717) is 12.0 Å². The van der Waals surface area contributed by atoms with E-state index in [9.17, 15) is 4.79 Å². The molecule has 2 aromatic heterocycles. The van der Waals surface area contributed by atoms with E-state index in [-0.39, 0.29) is 16.3 Å². The maximum atomic E-state index is 13.0. The van der Waals surface area contributed by atoms with E-state index in [1.165, 1.54) is 0 Å². The van der Waals surface area contributed by atoms with Gasteiger partial charge in [0.1, 0.15) is 5.82 Å². The van der Waals surface area contributed by atoms with Crippen molar-refractivity contribution < 1.29 is 9.28 Å². The number of carbonyl (C=O) groups excluding carboxylic acids is 1. The fourth-order valence-electron chi connectivity index (χ4n) is 4.34. The third-order valence-corrected chi connectivity index (χ3v) is 5.96. The Hall–Kier alpha value is -2.86. The summed E-state index contributed by atoms with van der Waals surface area (Å²) in [7, 11) is 3.88. The van der Waals surface area contributed by atoms with Crippen LogP contribution >= 0.6 is 0 Å². The summed E-state index contributed by atoms with van der Waals surface area (Å²) in [5, 5.41) is 4.55. The van der Waals surface area contributed by atoms with E-state index in [2.05, 4.69) is 26.4 Å². The van der Waals surface area contributed by atoms with Crippen molar-refractivity contribution in [3.63, 3.8) is 0 Å². The van der Waals surface area contributed by atoms with Crippen LogP contribution in [0.2, 0.25) is 0 Å². The number of pyridine rings is 2. The lowest BCUT2D eigenvalue weighted by Gasteiger charge is -2.43. The molecule has 1 saturated carbocycles. The minimum Gasteiger partial charge on any atom is -0.367 e. The Morgan fingerprint density at radius 2 is 2.04 bits per heavy atom. The van der Waals surface area contributed by atoms with Crippen molar-refractivity contribution in [1.29, 1.82) is 0 Å². The highest BCUT2D eigenvalue weighted by atomic mass is 16.2. The van der Waals surface area contributed by atoms with Crippen LogP contribution in [0.25, 0.3) is 10.9 Å². The van der Waals surface area contributed by atoms with Gasteiger partial charge in [0.15, 0.2) is 0 Å². The first-order chi connectivity index (χ1) is 13.0. The molecule has 0 bridgehead atoms. The van der Waals surface area contributed by atoms with E-state index in [1.807, 2.05) is 44.6 Å². The molecule has 0 aromatic carbocycles. The molecule has 0 radical (unpaired) electrons. The Morgan fingerprint density at radius 1 is 1.19 bits per heavy atom. The maximum absolute atomic E-state index is 13.0. The SMILES string of the molecule is C[N+]1(C)C(=O)C([C@H]2C[C@H](Nc3ccc4cnccc4n3)C2)C=C2C=CN=C21. The highest BCUT2D eigenvalue weighted by Gasteiger charge is 2.50. The number of aliphatic imine (C=N–C) groups is 1. The van der Waals surface area contributed by atoms with Crippen LogP contribution < -0.4 is 5.32 Å². The third-order valence-electron chi connectivity index (χ3n) is 5.96. The minimum absolute atomic E-state index is 0.0367. The number of likely N-dealkylation sites (N-methyl/N-ethyl adjacent to an activating group) is 1. The van der Waals surface area contributed by atoms with Gasteiger partial charge in [-0.1, -0.05) is 6.08 Å². The van der Waals surface area contributed by atoms with E-state index in [1.54, 1.807) is 12.4 Å². The number of aromatic nitrogens is 2. The molecule has 6 heteroatoms. The first kappa shape index (κ1) is 16.3. The number of nitrogens with zero attached hydrogens (tertiary/aromatic N) is 4. The van der Waals surface area contributed by atoms with Crippen molar-refractivity contribution in [2.75, 3.05) is 19.4 Å². The standard InChI is InChI=1S/C21H22N5O/c1-26(2)20-13(5-8-23-20)11-17(21(26)27)15-9-16(10-15)24-19-4-3-14-12-22-7-6-18(14)25-19/h3-8,11-12,15-17H,9-10H2,1-2H3,(H,24,25)/q+1/t15-,16-,17?. The van der Waals surface area contributed by atoms with Crippen molar-refractivity contribution in [3.8, 4) is 0 Å². The Bertz CT molecular complexity index is 1030. The summed E-state index contributed by atoms with van der Waals surface area (Å²) in [5.74, 6) is 2.32. The molecule has 1 amide bonds. The number of amides is 1. The quantitative estimate of drug-likeness (QED) is 0.855. The second-order valence-electron chi connectivity index (χ2n) is 8.05. The summed E-state index contributed by atoms with van der Waals surface area (Å²) >= 11 is 0. The Balaban J connectivity index is 1.29. The summed E-state index contributed by atoms with van der Waals surface area (Å²) in [4.78, 5) is 26.2. The summed E-state index contributed by atoms with van der Waals surface area (Å²) in [6, 6.07) is 6.32. The van der Waals surface area contributed by atoms with E-state index in [0.717, 1.165) is 41.0 Å². The van der Waals surface area contributed by atoms with Gasteiger partial charge >= 0.3 is 5.91 Å². The zero-order chi connectivity index (χ0) is 18.6. The van der Waals surface area contributed by atoms with E-state index in [4.69, 9.17) is 0 Å². The molecule has 2 aromatic rings. The van der Waals surface area contributed by atoms with Gasteiger partial charge in [-0.2, -0.15) is 0 Å². The molecule has 1 N–H and O–H groups in total. The predicted octanol–water partition coefficient (Wildman–Crippen LogP) is 2.91. The maximum Gasteiger partial charge on any atom is 0.326 e. The number of hydrogen-bond donors (Lipinski definition) is 1. The van der Waals surface area contributed by atoms with Crippen LogP contribution in [0.1, 0.15) is 12.8 Å². The summed E-state index contributed by atoms with van der Waals surface area (Å²) in [5.41, 5.74) is 2.04. The second-order valence-corrected chi connectivity index (χ2v) is 8.05. The van der Waals surface area contributed by atoms with Crippen LogP contribution in [0.3, 0.4) is 0 Å². The number of anilines is 1. The molecule has 1 atom stereocenters. The number of rotatable bonds is 3. The van der Waals surface area contributed by atoms with Crippen LogP contribution in [0.15, 0.2) is 59.5 Å². The fraction of sp³-hybridized carbons (Fsp3) is 0.333. The molecule has 27 heavy (non-hydrogen) atoms. The van der Waals surface area contributed by atoms with Crippen molar-refractivity contribution in [1.82, 2.24) is 9.97 Å². The number of nitrogens with one attached hydrogen (secondary N) is 1. The molecular formula is C21H22N5O+. The van der Waals surface area contributed by atoms with Gasteiger partial charge in [-0.05, 0) is 43.0 Å². The highest BCUT2D eigenvalue weighted by molar-refractivity contribution is 6.06. The topological polar surface area (TPSA) is 67.2 Å². The van der Waals surface area contributed by atoms with Gasteiger partial charge in [-0.3, -0.25) is 4.98 Å². The number of fused-ring (bicyclic) bond motifs is 2. The smallest absolute Gasteiger partial charge is 0.326 e. The summed E-state index contributed by atoms with van der Waals surface area (Å²) in [6.07, 6.45) is 11.5. The van der Waals surface area contributed by atoms with Crippen LogP contribution in [0.4, 0.5) is 5.82 Å². The van der Waals surface area contributed by atoms with Crippen LogP contribution in [0.5, 0.6) is 0 Å². The molecule has 6 nitrogen and oxygen atoms in total. The molecule has 0 saturated heterocycles. The van der Waals surface area contributed by atoms with Gasteiger partial charge in [-0.25, -0.2) is 19.3 Å². The zero-order valence-corrected chi connectivity index (χ0v) is 15.5. The molecule has 136 valence electrons. The average Bonchev–Trinajstić information content (AvgIpc) is 3.11. The highest BCUT2D eigenvalue weighted by Crippen LogP contribution is 2.41. The molecule has 4 heterocycles. The lowest BCUT2D eigenvalue weighted by atomic mass is 9.70. The minimum atomic E-state index is -0.0367. The summed E-state index contributed by atoms with van der Waals surface area (Å²) in [6.45, 7) is 0. The zero-order valence-electron chi connectivity index (χ0n) is 15.5. The lowest BCUT2D eigenvalue weighted by Crippen LogP contribution is -2.58. The van der Waals surface area contributed by atoms with Crippen LogP contribution in [-0.4, -0.2) is 46.3 Å². The Kier molecular flexibility index (Phi) is 3.52. The van der Waals surface area contributed by atoms with E-state index >= 15 is 0 Å². The molecule has 3 aliphatic rings. The summed E-state index contributed by atoms with van der Waals surface area (Å²) < 4.78 is 0.234. The molecular weight excluding hydrogens is 338 g/mol. The number of amidine groups is 1.